The summed E-state index contributed by atoms with van der Waals surface area (Å²) in [6.45, 7) is 6.35. The highest BCUT2D eigenvalue weighted by atomic mass is 32.2. The SMILES string of the molecule is CC(C)S(=O)(=O)n1cnc(-c2cc3cnc(Nc4ccc(N5CCN(C)CC5)cc4)nc3n(Cc3ccccc3C(F)(F)F)c2=O)c1. The number of piperazine rings is 1. The van der Waals surface area contributed by atoms with E-state index in [9.17, 15) is 26.4 Å². The lowest BCUT2D eigenvalue weighted by molar-refractivity contribution is -0.138. The highest BCUT2D eigenvalue weighted by Gasteiger charge is 2.33. The Labute approximate surface area is 269 Å². The van der Waals surface area contributed by atoms with Crippen LogP contribution in [0.3, 0.4) is 0 Å². The average molecular weight is 667 g/mol. The van der Waals surface area contributed by atoms with Crippen LogP contribution in [-0.2, 0) is 22.7 Å². The number of rotatable bonds is 8. The Morgan fingerprint density at radius 2 is 1.68 bits per heavy atom. The van der Waals surface area contributed by atoms with Crippen LogP contribution < -0.4 is 15.8 Å². The molecular weight excluding hydrogens is 633 g/mol. The molecule has 1 aliphatic heterocycles. The summed E-state index contributed by atoms with van der Waals surface area (Å²) in [6, 6.07) is 14.2. The molecule has 4 heterocycles. The van der Waals surface area contributed by atoms with Gasteiger partial charge in [-0.05, 0) is 62.9 Å². The van der Waals surface area contributed by atoms with Gasteiger partial charge in [0.1, 0.15) is 12.0 Å². The number of hydrogen-bond acceptors (Lipinski definition) is 9. The van der Waals surface area contributed by atoms with Crippen LogP contribution in [0.5, 0.6) is 0 Å². The van der Waals surface area contributed by atoms with Gasteiger partial charge in [-0.2, -0.15) is 18.2 Å². The monoisotopic (exact) mass is 666 g/mol. The number of benzene rings is 2. The first-order valence-electron chi connectivity index (χ1n) is 15.0. The standard InChI is InChI=1S/C32H33F3N8O3S/c1-21(2)47(45,46)42-19-28(37-20-42)26-16-23-17-36-31(38-24-8-10-25(11-9-24)41-14-12-40(3)13-15-41)39-29(23)43(30(26)44)18-22-6-4-5-7-27(22)32(33,34)35/h4-11,16-17,19-21H,12-15,18H2,1-3H3,(H,36,38,39). The number of anilines is 3. The molecule has 2 aromatic carbocycles. The zero-order chi connectivity index (χ0) is 33.5. The topological polar surface area (TPSA) is 118 Å². The van der Waals surface area contributed by atoms with Crippen LogP contribution >= 0.6 is 0 Å². The van der Waals surface area contributed by atoms with E-state index >= 15 is 0 Å². The van der Waals surface area contributed by atoms with Gasteiger partial charge in [-0.15, -0.1) is 0 Å². The third-order valence-electron chi connectivity index (χ3n) is 8.20. The Balaban J connectivity index is 1.41. The van der Waals surface area contributed by atoms with Gasteiger partial charge in [0.15, 0.2) is 0 Å². The summed E-state index contributed by atoms with van der Waals surface area (Å²) in [5.41, 5.74) is 0.180. The van der Waals surface area contributed by atoms with Gasteiger partial charge < -0.3 is 15.1 Å². The van der Waals surface area contributed by atoms with Crippen LogP contribution in [0.25, 0.3) is 22.3 Å². The van der Waals surface area contributed by atoms with E-state index in [1.165, 1.54) is 50.5 Å². The number of pyridine rings is 1. The van der Waals surface area contributed by atoms with Crippen molar-refractivity contribution >= 4 is 38.4 Å². The number of imidazole rings is 1. The number of alkyl halides is 3. The molecule has 6 rings (SSSR count). The molecule has 47 heavy (non-hydrogen) atoms. The number of likely N-dealkylation sites (N-methyl/N-ethyl adjacent to an activating group) is 1. The Kier molecular flexibility index (Phi) is 8.53. The lowest BCUT2D eigenvalue weighted by Gasteiger charge is -2.34. The van der Waals surface area contributed by atoms with E-state index in [1.807, 2.05) is 24.3 Å². The number of aromatic nitrogens is 5. The van der Waals surface area contributed by atoms with E-state index < -0.39 is 39.1 Å². The second-order valence-corrected chi connectivity index (χ2v) is 14.1. The van der Waals surface area contributed by atoms with E-state index in [-0.39, 0.29) is 28.4 Å². The van der Waals surface area contributed by atoms with Gasteiger partial charge in [0.2, 0.25) is 16.0 Å². The van der Waals surface area contributed by atoms with Crippen LogP contribution in [-0.4, -0.2) is 75.3 Å². The number of fused-ring (bicyclic) bond motifs is 1. The van der Waals surface area contributed by atoms with Crippen LogP contribution in [0.1, 0.15) is 25.0 Å². The molecule has 11 nitrogen and oxygen atoms in total. The predicted octanol–water partition coefficient (Wildman–Crippen LogP) is 4.80. The molecule has 0 aliphatic carbocycles. The van der Waals surface area contributed by atoms with Crippen molar-refractivity contribution in [1.82, 2.24) is 28.4 Å². The van der Waals surface area contributed by atoms with Crippen molar-refractivity contribution in [3.63, 3.8) is 0 Å². The average Bonchev–Trinajstić information content (AvgIpc) is 3.54. The third-order valence-corrected chi connectivity index (χ3v) is 10.2. The maximum absolute atomic E-state index is 14.0. The van der Waals surface area contributed by atoms with Crippen molar-refractivity contribution < 1.29 is 21.6 Å². The number of nitrogens with zero attached hydrogens (tertiary/aromatic N) is 7. The molecule has 0 spiro atoms. The molecule has 0 radical (unpaired) electrons. The Morgan fingerprint density at radius 1 is 0.979 bits per heavy atom. The summed E-state index contributed by atoms with van der Waals surface area (Å²) in [4.78, 5) is 31.7. The number of hydrogen-bond donors (Lipinski definition) is 1. The predicted molar refractivity (Wildman–Crippen MR) is 174 cm³/mol. The zero-order valence-electron chi connectivity index (χ0n) is 25.9. The van der Waals surface area contributed by atoms with E-state index in [1.54, 1.807) is 0 Å². The second kappa shape index (κ2) is 12.4. The van der Waals surface area contributed by atoms with Crippen LogP contribution in [0.15, 0.2) is 78.1 Å². The highest BCUT2D eigenvalue weighted by molar-refractivity contribution is 7.90. The molecule has 1 aliphatic rings. The van der Waals surface area contributed by atoms with Crippen molar-refractivity contribution in [1.29, 1.82) is 0 Å². The highest BCUT2D eigenvalue weighted by Crippen LogP contribution is 2.33. The first-order valence-corrected chi connectivity index (χ1v) is 16.5. The first-order chi connectivity index (χ1) is 22.3. The Morgan fingerprint density at radius 3 is 2.36 bits per heavy atom. The summed E-state index contributed by atoms with van der Waals surface area (Å²) in [5, 5.41) is 2.73. The smallest absolute Gasteiger partial charge is 0.369 e. The van der Waals surface area contributed by atoms with Crippen LogP contribution in [0.2, 0.25) is 0 Å². The van der Waals surface area contributed by atoms with Crippen molar-refractivity contribution in [2.24, 2.45) is 0 Å². The largest absolute Gasteiger partial charge is 0.416 e. The van der Waals surface area contributed by atoms with Gasteiger partial charge in [-0.3, -0.25) is 9.36 Å². The molecular formula is C32H33F3N8O3S. The van der Waals surface area contributed by atoms with Gasteiger partial charge in [0, 0.05) is 55.3 Å². The van der Waals surface area contributed by atoms with Gasteiger partial charge in [0.25, 0.3) is 5.56 Å². The van der Waals surface area contributed by atoms with E-state index in [0.717, 1.165) is 52.8 Å². The zero-order valence-corrected chi connectivity index (χ0v) is 26.8. The lowest BCUT2D eigenvalue weighted by Crippen LogP contribution is -2.44. The Hall–Kier alpha value is -4.76. The molecule has 1 saturated heterocycles. The van der Waals surface area contributed by atoms with Crippen LogP contribution in [0.4, 0.5) is 30.5 Å². The molecule has 15 heteroatoms. The third kappa shape index (κ3) is 6.58. The van der Waals surface area contributed by atoms with E-state index in [0.29, 0.717) is 11.1 Å². The molecule has 5 aromatic rings. The molecule has 0 amide bonds. The summed E-state index contributed by atoms with van der Waals surface area (Å²) in [5.74, 6) is 0.141. The number of nitrogens with one attached hydrogen (secondary N) is 1. The minimum Gasteiger partial charge on any atom is -0.369 e. The van der Waals surface area contributed by atoms with Crippen molar-refractivity contribution in [2.45, 2.75) is 31.8 Å². The van der Waals surface area contributed by atoms with E-state index in [2.05, 4.69) is 37.1 Å². The van der Waals surface area contributed by atoms with Crippen LogP contribution in [0, 0.1) is 0 Å². The maximum Gasteiger partial charge on any atom is 0.416 e. The molecule has 1 N–H and O–H groups in total. The molecule has 0 unspecified atom stereocenters. The molecule has 1 fully saturated rings. The fraction of sp³-hybridized carbons (Fsp3) is 0.312. The van der Waals surface area contributed by atoms with Crippen molar-refractivity contribution in [3.05, 3.63) is 94.8 Å². The Bertz CT molecular complexity index is 2090. The fourth-order valence-corrected chi connectivity index (χ4v) is 6.34. The molecule has 0 atom stereocenters. The van der Waals surface area contributed by atoms with Gasteiger partial charge in [0.05, 0.1) is 28.6 Å². The summed E-state index contributed by atoms with van der Waals surface area (Å²) in [6.07, 6.45) is -0.888. The van der Waals surface area contributed by atoms with Gasteiger partial charge in [-0.25, -0.2) is 22.4 Å². The van der Waals surface area contributed by atoms with Crippen molar-refractivity contribution in [2.75, 3.05) is 43.4 Å². The van der Waals surface area contributed by atoms with Crippen molar-refractivity contribution in [3.8, 4) is 11.3 Å². The van der Waals surface area contributed by atoms with Gasteiger partial charge >= 0.3 is 6.18 Å². The summed E-state index contributed by atoms with van der Waals surface area (Å²) < 4.78 is 69.4. The minimum absolute atomic E-state index is 0.0106. The molecule has 0 saturated carbocycles. The quantitative estimate of drug-likeness (QED) is 0.249. The lowest BCUT2D eigenvalue weighted by atomic mass is 10.1. The summed E-state index contributed by atoms with van der Waals surface area (Å²) >= 11 is 0. The molecule has 246 valence electrons. The van der Waals surface area contributed by atoms with E-state index in [4.69, 9.17) is 0 Å². The molecule has 0 bridgehead atoms. The summed E-state index contributed by atoms with van der Waals surface area (Å²) in [7, 11) is -1.67. The maximum atomic E-state index is 14.0. The van der Waals surface area contributed by atoms with Gasteiger partial charge in [-0.1, -0.05) is 18.2 Å². The molecule has 3 aromatic heterocycles. The normalized spacial score (nSPS) is 14.7. The fourth-order valence-electron chi connectivity index (χ4n) is 5.43. The first kappa shape index (κ1) is 32.2. The number of halogens is 3. The minimum atomic E-state index is -4.66. The second-order valence-electron chi connectivity index (χ2n) is 11.7.